The lowest BCUT2D eigenvalue weighted by molar-refractivity contribution is -0.0731. The molecular weight excluding hydrogens is 262 g/mol. The Morgan fingerprint density at radius 1 is 1.24 bits per heavy atom. The molecule has 1 fully saturated rings. The van der Waals surface area contributed by atoms with Crippen molar-refractivity contribution < 1.29 is 4.74 Å². The zero-order chi connectivity index (χ0) is 15.7. The van der Waals surface area contributed by atoms with Crippen molar-refractivity contribution >= 4 is 0 Å². The lowest BCUT2D eigenvalue weighted by atomic mass is 9.70. The summed E-state index contributed by atoms with van der Waals surface area (Å²) in [5.41, 5.74) is 8.00. The van der Waals surface area contributed by atoms with Crippen LogP contribution >= 0.6 is 0 Å². The molecule has 2 N–H and O–H groups in total. The lowest BCUT2D eigenvalue weighted by Crippen LogP contribution is -2.38. The molecule has 1 unspecified atom stereocenters. The Labute approximate surface area is 128 Å². The van der Waals surface area contributed by atoms with Crippen molar-refractivity contribution in [3.8, 4) is 0 Å². The van der Waals surface area contributed by atoms with Gasteiger partial charge >= 0.3 is 0 Å². The molecule has 0 amide bonds. The summed E-state index contributed by atoms with van der Waals surface area (Å²) >= 11 is 0. The summed E-state index contributed by atoms with van der Waals surface area (Å²) in [5, 5.41) is 0. The molecule has 2 rings (SSSR count). The third kappa shape index (κ3) is 3.80. The van der Waals surface area contributed by atoms with E-state index in [2.05, 4.69) is 18.8 Å². The minimum atomic E-state index is -0.325. The van der Waals surface area contributed by atoms with Crippen LogP contribution in [0.3, 0.4) is 0 Å². The largest absolute Gasteiger partial charge is 0.370 e. The maximum atomic E-state index is 5.92. The van der Waals surface area contributed by atoms with Crippen LogP contribution < -0.4 is 5.73 Å². The van der Waals surface area contributed by atoms with Crippen molar-refractivity contribution in [2.45, 2.75) is 71.4 Å². The molecule has 118 valence electrons. The van der Waals surface area contributed by atoms with E-state index in [1.165, 1.54) is 0 Å². The van der Waals surface area contributed by atoms with Gasteiger partial charge in [0.15, 0.2) is 5.82 Å². The molecule has 1 atom stereocenters. The first-order valence-electron chi connectivity index (χ1n) is 7.92. The van der Waals surface area contributed by atoms with Crippen LogP contribution in [0, 0.1) is 12.3 Å². The molecule has 21 heavy (non-hydrogen) atoms. The monoisotopic (exact) mass is 291 g/mol. The van der Waals surface area contributed by atoms with Crippen LogP contribution in [-0.2, 0) is 16.8 Å². The number of methoxy groups -OCH3 is 1. The summed E-state index contributed by atoms with van der Waals surface area (Å²) < 4.78 is 5.92. The topological polar surface area (TPSA) is 61.0 Å². The Morgan fingerprint density at radius 3 is 2.38 bits per heavy atom. The fourth-order valence-electron chi connectivity index (χ4n) is 3.12. The third-order valence-corrected chi connectivity index (χ3v) is 4.65. The quantitative estimate of drug-likeness (QED) is 0.926. The average Bonchev–Trinajstić information content (AvgIpc) is 2.38. The van der Waals surface area contributed by atoms with Crippen LogP contribution in [0.1, 0.15) is 63.7 Å². The number of aromatic nitrogens is 2. The van der Waals surface area contributed by atoms with E-state index in [1.54, 1.807) is 7.11 Å². The summed E-state index contributed by atoms with van der Waals surface area (Å²) in [7, 11) is 1.79. The van der Waals surface area contributed by atoms with Crippen molar-refractivity contribution in [2.24, 2.45) is 11.1 Å². The van der Waals surface area contributed by atoms with Gasteiger partial charge < -0.3 is 10.5 Å². The Morgan fingerprint density at radius 2 is 1.86 bits per heavy atom. The van der Waals surface area contributed by atoms with Crippen LogP contribution in [-0.4, -0.2) is 23.1 Å². The van der Waals surface area contributed by atoms with Gasteiger partial charge in [-0.25, -0.2) is 9.97 Å². The molecule has 4 heteroatoms. The predicted molar refractivity (Wildman–Crippen MR) is 85.1 cm³/mol. The maximum absolute atomic E-state index is 5.92. The Bertz CT molecular complexity index is 487. The smallest absolute Gasteiger partial charge is 0.160 e. The van der Waals surface area contributed by atoms with Gasteiger partial charge in [0, 0.05) is 31.0 Å². The molecule has 0 radical (unpaired) electrons. The molecule has 1 aliphatic carbocycles. The minimum Gasteiger partial charge on any atom is -0.370 e. The van der Waals surface area contributed by atoms with Gasteiger partial charge in [-0.15, -0.1) is 0 Å². The van der Waals surface area contributed by atoms with Gasteiger partial charge in [-0.3, -0.25) is 0 Å². The molecule has 1 aromatic rings. The summed E-state index contributed by atoms with van der Waals surface area (Å²) in [5.74, 6) is 0.844. The number of rotatable bonds is 4. The first-order chi connectivity index (χ1) is 9.76. The van der Waals surface area contributed by atoms with Gasteiger partial charge in [-0.05, 0) is 51.0 Å². The molecule has 4 nitrogen and oxygen atoms in total. The molecule has 0 saturated heterocycles. The van der Waals surface area contributed by atoms with Crippen LogP contribution in [0.4, 0.5) is 0 Å². The molecule has 0 spiro atoms. The molecule has 1 saturated carbocycles. The van der Waals surface area contributed by atoms with E-state index in [0.29, 0.717) is 5.41 Å². The summed E-state index contributed by atoms with van der Waals surface area (Å²) in [6, 6.07) is 2.14. The van der Waals surface area contributed by atoms with Crippen molar-refractivity contribution in [3.63, 3.8) is 0 Å². The summed E-state index contributed by atoms with van der Waals surface area (Å²) in [6.45, 7) is 8.68. The fourth-order valence-corrected chi connectivity index (χ4v) is 3.12. The third-order valence-electron chi connectivity index (χ3n) is 4.65. The first-order valence-corrected chi connectivity index (χ1v) is 7.92. The van der Waals surface area contributed by atoms with E-state index in [1.807, 2.05) is 19.9 Å². The number of nitrogens with two attached hydrogens (primary N) is 1. The number of nitrogens with zero attached hydrogens (tertiary/aromatic N) is 2. The highest BCUT2D eigenvalue weighted by Crippen LogP contribution is 2.46. The average molecular weight is 291 g/mol. The molecular formula is C17H29N3O. The van der Waals surface area contributed by atoms with Crippen molar-refractivity contribution in [3.05, 3.63) is 23.3 Å². The first kappa shape index (κ1) is 16.4. The second kappa shape index (κ2) is 6.01. The molecule has 0 bridgehead atoms. The van der Waals surface area contributed by atoms with Gasteiger partial charge in [-0.1, -0.05) is 13.8 Å². The van der Waals surface area contributed by atoms with Gasteiger partial charge in [0.2, 0.25) is 0 Å². The Kier molecular flexibility index (Phi) is 4.69. The molecule has 0 aromatic carbocycles. The number of hydrogen-bond acceptors (Lipinski definition) is 4. The standard InChI is InChI=1S/C17H29N3O/c1-12(18)10-14-11-13(2)19-15(20-14)17(21-5)8-6-16(3,4)7-9-17/h11-12H,6-10,18H2,1-5H3. The Balaban J connectivity index is 2.32. The number of hydrogen-bond donors (Lipinski definition) is 1. The molecule has 0 aliphatic heterocycles. The van der Waals surface area contributed by atoms with Crippen molar-refractivity contribution in [2.75, 3.05) is 7.11 Å². The molecule has 1 aliphatic rings. The van der Waals surface area contributed by atoms with Crippen LogP contribution in [0.2, 0.25) is 0 Å². The van der Waals surface area contributed by atoms with Gasteiger partial charge in [0.1, 0.15) is 5.60 Å². The SMILES string of the molecule is COC1(c2nc(C)cc(CC(C)N)n2)CCC(C)(C)CC1. The van der Waals surface area contributed by atoms with Gasteiger partial charge in [0.05, 0.1) is 0 Å². The van der Waals surface area contributed by atoms with E-state index in [-0.39, 0.29) is 11.6 Å². The minimum absolute atomic E-state index is 0.107. The van der Waals surface area contributed by atoms with Crippen LogP contribution in [0.25, 0.3) is 0 Å². The summed E-state index contributed by atoms with van der Waals surface area (Å²) in [4.78, 5) is 9.45. The van der Waals surface area contributed by atoms with E-state index in [0.717, 1.165) is 49.3 Å². The highest BCUT2D eigenvalue weighted by molar-refractivity contribution is 5.16. The van der Waals surface area contributed by atoms with E-state index in [4.69, 9.17) is 15.5 Å². The Hall–Kier alpha value is -1.00. The molecule has 1 heterocycles. The van der Waals surface area contributed by atoms with E-state index >= 15 is 0 Å². The van der Waals surface area contributed by atoms with Crippen molar-refractivity contribution in [1.29, 1.82) is 0 Å². The van der Waals surface area contributed by atoms with E-state index in [9.17, 15) is 0 Å². The zero-order valence-electron chi connectivity index (χ0n) is 14.1. The van der Waals surface area contributed by atoms with Gasteiger partial charge in [-0.2, -0.15) is 0 Å². The van der Waals surface area contributed by atoms with Crippen molar-refractivity contribution in [1.82, 2.24) is 9.97 Å². The van der Waals surface area contributed by atoms with Gasteiger partial charge in [0.25, 0.3) is 0 Å². The second-order valence-electron chi connectivity index (χ2n) is 7.37. The number of ether oxygens (including phenoxy) is 1. The summed E-state index contributed by atoms with van der Waals surface area (Å²) in [6.07, 6.45) is 5.03. The highest BCUT2D eigenvalue weighted by atomic mass is 16.5. The normalized spacial score (nSPS) is 22.0. The second-order valence-corrected chi connectivity index (χ2v) is 7.37. The van der Waals surface area contributed by atoms with Crippen LogP contribution in [0.15, 0.2) is 6.07 Å². The van der Waals surface area contributed by atoms with Crippen LogP contribution in [0.5, 0.6) is 0 Å². The maximum Gasteiger partial charge on any atom is 0.160 e. The highest BCUT2D eigenvalue weighted by Gasteiger charge is 2.42. The lowest BCUT2D eigenvalue weighted by Gasteiger charge is -2.41. The molecule has 1 aromatic heterocycles. The fraction of sp³-hybridized carbons (Fsp3) is 0.765. The predicted octanol–water partition coefficient (Wildman–Crippen LogP) is 3.12. The van der Waals surface area contributed by atoms with E-state index < -0.39 is 0 Å². The zero-order valence-corrected chi connectivity index (χ0v) is 14.1. The number of aryl methyl sites for hydroxylation is 1.